The fourth-order valence-corrected chi connectivity index (χ4v) is 0.759. The largest absolute Gasteiger partial charge is 0.409 e. The first-order chi connectivity index (χ1) is 5.61. The first-order valence-corrected chi connectivity index (χ1v) is 3.60. The Hall–Kier alpha value is -0.910. The van der Waals surface area contributed by atoms with Gasteiger partial charge in [-0.25, -0.2) is 8.78 Å². The van der Waals surface area contributed by atoms with Gasteiger partial charge in [0.25, 0.3) is 6.43 Å². The highest BCUT2D eigenvalue weighted by Crippen LogP contribution is 1.94. The molecule has 0 aromatic rings. The number of hydrogen-bond donors (Lipinski definition) is 3. The van der Waals surface area contributed by atoms with Gasteiger partial charge >= 0.3 is 0 Å². The van der Waals surface area contributed by atoms with Crippen LogP contribution in [0.5, 0.6) is 0 Å². The molecule has 72 valence electrons. The highest BCUT2D eigenvalue weighted by atomic mass is 19.3. The summed E-state index contributed by atoms with van der Waals surface area (Å²) < 4.78 is 23.4. The van der Waals surface area contributed by atoms with E-state index in [1.165, 1.54) is 0 Å². The molecule has 0 radical (unpaired) electrons. The molecule has 0 spiro atoms. The summed E-state index contributed by atoms with van der Waals surface area (Å²) in [4.78, 5) is 0. The average Bonchev–Trinajstić information content (AvgIpc) is 2.04. The van der Waals surface area contributed by atoms with E-state index in [1.54, 1.807) is 6.92 Å². The van der Waals surface area contributed by atoms with Crippen LogP contribution in [0, 0.1) is 0 Å². The molecule has 0 saturated heterocycles. The molecule has 0 saturated carbocycles. The molecule has 0 amide bonds. The summed E-state index contributed by atoms with van der Waals surface area (Å²) in [5.41, 5.74) is 5.21. The van der Waals surface area contributed by atoms with E-state index in [1.807, 2.05) is 0 Å². The highest BCUT2D eigenvalue weighted by molar-refractivity contribution is 5.85. The van der Waals surface area contributed by atoms with Crippen LogP contribution in [-0.4, -0.2) is 30.1 Å². The number of nitrogens with two attached hydrogens (primary N) is 1. The van der Waals surface area contributed by atoms with E-state index in [-0.39, 0.29) is 5.84 Å². The normalized spacial score (nSPS) is 15.2. The Kier molecular flexibility index (Phi) is 5.27. The third kappa shape index (κ3) is 4.07. The number of nitrogens with one attached hydrogen (secondary N) is 1. The highest BCUT2D eigenvalue weighted by Gasteiger charge is 2.12. The Morgan fingerprint density at radius 2 is 2.25 bits per heavy atom. The molecule has 1 atom stereocenters. The molecule has 0 aliphatic carbocycles. The van der Waals surface area contributed by atoms with E-state index in [9.17, 15) is 8.78 Å². The van der Waals surface area contributed by atoms with E-state index in [0.29, 0.717) is 6.42 Å². The van der Waals surface area contributed by atoms with E-state index >= 15 is 0 Å². The quantitative estimate of drug-likeness (QED) is 0.248. The Bertz CT molecular complexity index is 152. The van der Waals surface area contributed by atoms with E-state index in [2.05, 4.69) is 10.5 Å². The number of nitrogens with zero attached hydrogens (tertiary/aromatic N) is 1. The van der Waals surface area contributed by atoms with Gasteiger partial charge < -0.3 is 16.3 Å². The number of halogens is 2. The third-order valence-electron chi connectivity index (χ3n) is 1.40. The lowest BCUT2D eigenvalue weighted by molar-refractivity contribution is 0.144. The lowest BCUT2D eigenvalue weighted by atomic mass is 10.2. The predicted octanol–water partition coefficient (Wildman–Crippen LogP) is 0.366. The van der Waals surface area contributed by atoms with Crippen LogP contribution in [0.15, 0.2) is 5.16 Å². The van der Waals surface area contributed by atoms with Gasteiger partial charge in [-0.3, -0.25) is 0 Å². The lowest BCUT2D eigenvalue weighted by Crippen LogP contribution is -2.42. The molecule has 0 rings (SSSR count). The summed E-state index contributed by atoms with van der Waals surface area (Å²) >= 11 is 0. The Labute approximate surface area is 69.4 Å². The van der Waals surface area contributed by atoms with Crippen molar-refractivity contribution in [2.24, 2.45) is 10.9 Å². The number of hydrogen-bond acceptors (Lipinski definition) is 3. The first kappa shape index (κ1) is 11.1. The second kappa shape index (κ2) is 5.70. The molecule has 0 aromatic carbocycles. The lowest BCUT2D eigenvalue weighted by Gasteiger charge is -2.14. The van der Waals surface area contributed by atoms with Gasteiger partial charge in [0.15, 0.2) is 5.84 Å². The van der Waals surface area contributed by atoms with Gasteiger partial charge in [0.05, 0.1) is 12.6 Å². The fraction of sp³-hybridized carbons (Fsp3) is 0.833. The van der Waals surface area contributed by atoms with Crippen molar-refractivity contribution in [2.75, 3.05) is 6.54 Å². The van der Waals surface area contributed by atoms with Gasteiger partial charge in [0.1, 0.15) is 0 Å². The second-order valence-electron chi connectivity index (χ2n) is 2.29. The van der Waals surface area contributed by atoms with Crippen molar-refractivity contribution >= 4 is 5.84 Å². The van der Waals surface area contributed by atoms with Crippen molar-refractivity contribution < 1.29 is 14.0 Å². The molecular weight excluding hydrogens is 168 g/mol. The maximum atomic E-state index is 11.7. The molecule has 0 aliphatic heterocycles. The number of amidine groups is 1. The van der Waals surface area contributed by atoms with Crippen molar-refractivity contribution in [3.63, 3.8) is 0 Å². The van der Waals surface area contributed by atoms with Crippen LogP contribution in [0.1, 0.15) is 13.3 Å². The first-order valence-electron chi connectivity index (χ1n) is 3.60. The fourth-order valence-electron chi connectivity index (χ4n) is 0.759. The summed E-state index contributed by atoms with van der Waals surface area (Å²) in [7, 11) is 0. The number of oxime groups is 1. The van der Waals surface area contributed by atoms with E-state index < -0.39 is 19.0 Å². The SMILES string of the molecule is CCC(NCC(F)F)C(N)=NO. The van der Waals surface area contributed by atoms with Gasteiger partial charge in [-0.05, 0) is 6.42 Å². The Balaban J connectivity index is 3.84. The van der Waals surface area contributed by atoms with Crippen LogP contribution >= 0.6 is 0 Å². The van der Waals surface area contributed by atoms with Crippen LogP contribution in [-0.2, 0) is 0 Å². The minimum absolute atomic E-state index is 0.0712. The Morgan fingerprint density at radius 3 is 2.58 bits per heavy atom. The molecule has 12 heavy (non-hydrogen) atoms. The maximum Gasteiger partial charge on any atom is 0.250 e. The average molecular weight is 181 g/mol. The van der Waals surface area contributed by atoms with E-state index in [4.69, 9.17) is 10.9 Å². The molecule has 0 fully saturated rings. The van der Waals surface area contributed by atoms with Crippen LogP contribution in [0.2, 0.25) is 0 Å². The van der Waals surface area contributed by atoms with Crippen LogP contribution in [0.25, 0.3) is 0 Å². The number of alkyl halides is 2. The molecule has 0 bridgehead atoms. The second-order valence-corrected chi connectivity index (χ2v) is 2.29. The number of rotatable bonds is 5. The van der Waals surface area contributed by atoms with Crippen LogP contribution in [0.4, 0.5) is 8.78 Å². The van der Waals surface area contributed by atoms with Gasteiger partial charge in [0.2, 0.25) is 0 Å². The smallest absolute Gasteiger partial charge is 0.250 e. The van der Waals surface area contributed by atoms with Crippen molar-refractivity contribution in [3.8, 4) is 0 Å². The third-order valence-corrected chi connectivity index (χ3v) is 1.40. The summed E-state index contributed by atoms with van der Waals surface area (Å²) in [6, 6.07) is -0.482. The van der Waals surface area contributed by atoms with Crippen LogP contribution < -0.4 is 11.1 Å². The zero-order valence-corrected chi connectivity index (χ0v) is 6.80. The molecule has 4 nitrogen and oxygen atoms in total. The monoisotopic (exact) mass is 181 g/mol. The van der Waals surface area contributed by atoms with Gasteiger partial charge in [0, 0.05) is 0 Å². The molecule has 1 unspecified atom stereocenters. The zero-order chi connectivity index (χ0) is 9.56. The topological polar surface area (TPSA) is 70.6 Å². The summed E-state index contributed by atoms with van der Waals surface area (Å²) in [6.07, 6.45) is -1.92. The van der Waals surface area contributed by atoms with Crippen molar-refractivity contribution in [1.29, 1.82) is 0 Å². The van der Waals surface area contributed by atoms with Crippen molar-refractivity contribution in [1.82, 2.24) is 5.32 Å². The predicted molar refractivity (Wildman–Crippen MR) is 41.5 cm³/mol. The molecular formula is C6H13F2N3O. The molecule has 0 aliphatic rings. The van der Waals surface area contributed by atoms with Gasteiger partial charge in [-0.2, -0.15) is 0 Å². The maximum absolute atomic E-state index is 11.7. The summed E-state index contributed by atoms with van der Waals surface area (Å²) in [5.74, 6) is -0.0712. The standard InChI is InChI=1S/C6H13F2N3O/c1-2-4(6(9)11-12)10-3-5(7)8/h4-5,10,12H,2-3H2,1H3,(H2,9,11). The van der Waals surface area contributed by atoms with Crippen molar-refractivity contribution in [2.45, 2.75) is 25.8 Å². The zero-order valence-electron chi connectivity index (χ0n) is 6.80. The van der Waals surface area contributed by atoms with Crippen LogP contribution in [0.3, 0.4) is 0 Å². The molecule has 6 heteroatoms. The van der Waals surface area contributed by atoms with E-state index in [0.717, 1.165) is 0 Å². The summed E-state index contributed by atoms with van der Waals surface area (Å²) in [6.45, 7) is 1.30. The molecule has 4 N–H and O–H groups in total. The Morgan fingerprint density at radius 1 is 1.67 bits per heavy atom. The minimum atomic E-state index is -2.43. The van der Waals surface area contributed by atoms with Crippen molar-refractivity contribution in [3.05, 3.63) is 0 Å². The molecule has 0 heterocycles. The summed E-state index contributed by atoms with van der Waals surface area (Å²) in [5, 5.41) is 13.4. The van der Waals surface area contributed by atoms with Gasteiger partial charge in [-0.1, -0.05) is 12.1 Å². The van der Waals surface area contributed by atoms with Gasteiger partial charge in [-0.15, -0.1) is 0 Å². The molecule has 0 aromatic heterocycles. The minimum Gasteiger partial charge on any atom is -0.409 e.